The summed E-state index contributed by atoms with van der Waals surface area (Å²) in [4.78, 5) is 12.2. The molecule has 18 heavy (non-hydrogen) atoms. The van der Waals surface area contributed by atoms with Crippen molar-refractivity contribution in [2.45, 2.75) is 46.1 Å². The first-order valence-corrected chi connectivity index (χ1v) is 6.28. The minimum atomic E-state index is -0.755. The van der Waals surface area contributed by atoms with Crippen LogP contribution in [-0.4, -0.2) is 11.4 Å². The van der Waals surface area contributed by atoms with Gasteiger partial charge in [0.25, 0.3) is 5.91 Å². The Morgan fingerprint density at radius 1 is 1.22 bits per heavy atom. The average Bonchev–Trinajstić information content (AvgIpc) is 2.35. The van der Waals surface area contributed by atoms with E-state index in [0.29, 0.717) is 18.4 Å². The Labute approximate surface area is 109 Å². The minimum Gasteiger partial charge on any atom is -0.334 e. The maximum absolute atomic E-state index is 12.2. The lowest BCUT2D eigenvalue weighted by atomic mass is 9.94. The molecule has 1 aromatic carbocycles. The molecular formula is C15H20N2O. The van der Waals surface area contributed by atoms with Crippen molar-refractivity contribution in [1.82, 2.24) is 5.32 Å². The molecule has 0 radical (unpaired) electrons. The van der Waals surface area contributed by atoms with Crippen LogP contribution in [0.4, 0.5) is 0 Å². The molecule has 0 unspecified atom stereocenters. The zero-order valence-corrected chi connectivity index (χ0v) is 11.5. The van der Waals surface area contributed by atoms with Crippen LogP contribution in [0.2, 0.25) is 0 Å². The van der Waals surface area contributed by atoms with Crippen molar-refractivity contribution < 1.29 is 4.79 Å². The van der Waals surface area contributed by atoms with Gasteiger partial charge in [-0.15, -0.1) is 0 Å². The third kappa shape index (κ3) is 3.10. The summed E-state index contributed by atoms with van der Waals surface area (Å²) >= 11 is 0. The largest absolute Gasteiger partial charge is 0.334 e. The van der Waals surface area contributed by atoms with Crippen molar-refractivity contribution >= 4 is 5.91 Å². The van der Waals surface area contributed by atoms with Gasteiger partial charge in [0.15, 0.2) is 0 Å². The van der Waals surface area contributed by atoms with Gasteiger partial charge in [-0.3, -0.25) is 4.79 Å². The summed E-state index contributed by atoms with van der Waals surface area (Å²) < 4.78 is 0. The van der Waals surface area contributed by atoms with E-state index in [1.165, 1.54) is 0 Å². The smallest absolute Gasteiger partial charge is 0.252 e. The summed E-state index contributed by atoms with van der Waals surface area (Å²) in [5, 5.41) is 12.1. The van der Waals surface area contributed by atoms with Gasteiger partial charge in [-0.05, 0) is 38.8 Å². The molecule has 0 heterocycles. The summed E-state index contributed by atoms with van der Waals surface area (Å²) in [7, 11) is 0. The van der Waals surface area contributed by atoms with E-state index < -0.39 is 5.54 Å². The maximum Gasteiger partial charge on any atom is 0.252 e. The van der Waals surface area contributed by atoms with Gasteiger partial charge in [0.05, 0.1) is 6.07 Å². The highest BCUT2D eigenvalue weighted by molar-refractivity contribution is 5.95. The molecule has 1 rings (SSSR count). The first kappa shape index (κ1) is 14.2. The van der Waals surface area contributed by atoms with E-state index in [0.717, 1.165) is 11.1 Å². The first-order chi connectivity index (χ1) is 8.46. The fourth-order valence-corrected chi connectivity index (χ4v) is 2.01. The van der Waals surface area contributed by atoms with Crippen molar-refractivity contribution in [3.63, 3.8) is 0 Å². The van der Waals surface area contributed by atoms with E-state index in [2.05, 4.69) is 11.4 Å². The van der Waals surface area contributed by atoms with Gasteiger partial charge in [-0.1, -0.05) is 31.0 Å². The van der Waals surface area contributed by atoms with E-state index in [-0.39, 0.29) is 5.91 Å². The zero-order valence-electron chi connectivity index (χ0n) is 11.5. The quantitative estimate of drug-likeness (QED) is 0.884. The number of nitrogens with zero attached hydrogens (tertiary/aromatic N) is 1. The van der Waals surface area contributed by atoms with Gasteiger partial charge in [0.1, 0.15) is 5.54 Å². The third-order valence-electron chi connectivity index (χ3n) is 3.26. The van der Waals surface area contributed by atoms with E-state index in [1.807, 2.05) is 45.9 Å². The summed E-state index contributed by atoms with van der Waals surface area (Å²) in [6, 6.07) is 7.92. The summed E-state index contributed by atoms with van der Waals surface area (Å²) in [6.45, 7) is 7.74. The number of rotatable bonds is 4. The van der Waals surface area contributed by atoms with Gasteiger partial charge < -0.3 is 5.32 Å². The SMILES string of the molecule is CCC(C#N)(CC)NC(=O)c1cc(C)cc(C)c1. The van der Waals surface area contributed by atoms with Crippen LogP contribution >= 0.6 is 0 Å². The molecule has 0 saturated heterocycles. The van der Waals surface area contributed by atoms with Crippen molar-refractivity contribution in [3.8, 4) is 6.07 Å². The number of nitrogens with one attached hydrogen (secondary N) is 1. The van der Waals surface area contributed by atoms with Crippen LogP contribution in [0.3, 0.4) is 0 Å². The van der Waals surface area contributed by atoms with Gasteiger partial charge >= 0.3 is 0 Å². The predicted molar refractivity (Wildman–Crippen MR) is 72.3 cm³/mol. The minimum absolute atomic E-state index is 0.174. The molecule has 0 aromatic heterocycles. The number of carbonyl (C=O) groups excluding carboxylic acids is 1. The number of nitriles is 1. The van der Waals surface area contributed by atoms with Gasteiger partial charge in [-0.25, -0.2) is 0 Å². The van der Waals surface area contributed by atoms with Crippen LogP contribution in [0.25, 0.3) is 0 Å². The molecule has 0 bridgehead atoms. The number of aryl methyl sites for hydroxylation is 2. The Morgan fingerprint density at radius 3 is 2.11 bits per heavy atom. The second-order valence-electron chi connectivity index (χ2n) is 4.73. The van der Waals surface area contributed by atoms with Crippen LogP contribution in [0.15, 0.2) is 18.2 Å². The van der Waals surface area contributed by atoms with Gasteiger partial charge in [0, 0.05) is 5.56 Å². The van der Waals surface area contributed by atoms with Crippen LogP contribution in [-0.2, 0) is 0 Å². The molecule has 3 heteroatoms. The average molecular weight is 244 g/mol. The molecule has 0 saturated carbocycles. The number of hydrogen-bond donors (Lipinski definition) is 1. The third-order valence-corrected chi connectivity index (χ3v) is 3.26. The molecule has 0 spiro atoms. The standard InChI is InChI=1S/C15H20N2O/c1-5-15(6-2,10-16)17-14(18)13-8-11(3)7-12(4)9-13/h7-9H,5-6H2,1-4H3,(H,17,18). The molecule has 0 aliphatic rings. The molecule has 96 valence electrons. The Balaban J connectivity index is 2.98. The number of benzene rings is 1. The summed E-state index contributed by atoms with van der Waals surface area (Å²) in [5.41, 5.74) is 1.97. The lowest BCUT2D eigenvalue weighted by Crippen LogP contribution is -2.46. The zero-order chi connectivity index (χ0) is 13.8. The molecule has 0 fully saturated rings. The van der Waals surface area contributed by atoms with Crippen molar-refractivity contribution in [2.75, 3.05) is 0 Å². The Hall–Kier alpha value is -1.82. The molecule has 0 aliphatic heterocycles. The second-order valence-corrected chi connectivity index (χ2v) is 4.73. The first-order valence-electron chi connectivity index (χ1n) is 6.28. The second kappa shape index (κ2) is 5.68. The van der Waals surface area contributed by atoms with Crippen LogP contribution in [0, 0.1) is 25.2 Å². The topological polar surface area (TPSA) is 52.9 Å². The van der Waals surface area contributed by atoms with Crippen LogP contribution in [0.1, 0.15) is 48.2 Å². The van der Waals surface area contributed by atoms with Gasteiger partial charge in [0.2, 0.25) is 0 Å². The highest BCUT2D eigenvalue weighted by atomic mass is 16.1. The molecule has 1 amide bonds. The molecule has 0 atom stereocenters. The van der Waals surface area contributed by atoms with Gasteiger partial charge in [-0.2, -0.15) is 5.26 Å². The summed E-state index contributed by atoms with van der Waals surface area (Å²) in [5.74, 6) is -0.174. The molecule has 0 aliphatic carbocycles. The monoisotopic (exact) mass is 244 g/mol. The number of hydrogen-bond acceptors (Lipinski definition) is 2. The van der Waals surface area contributed by atoms with E-state index in [9.17, 15) is 10.1 Å². The normalized spacial score (nSPS) is 10.8. The molecule has 3 nitrogen and oxygen atoms in total. The van der Waals surface area contributed by atoms with E-state index in [1.54, 1.807) is 0 Å². The number of amides is 1. The fraction of sp³-hybridized carbons (Fsp3) is 0.467. The lowest BCUT2D eigenvalue weighted by Gasteiger charge is -2.25. The molecular weight excluding hydrogens is 224 g/mol. The number of carbonyl (C=O) groups is 1. The Kier molecular flexibility index (Phi) is 4.49. The molecule has 1 N–H and O–H groups in total. The maximum atomic E-state index is 12.2. The van der Waals surface area contributed by atoms with Crippen LogP contribution < -0.4 is 5.32 Å². The highest BCUT2D eigenvalue weighted by Gasteiger charge is 2.28. The van der Waals surface area contributed by atoms with E-state index >= 15 is 0 Å². The Bertz CT molecular complexity index is 462. The van der Waals surface area contributed by atoms with Crippen molar-refractivity contribution in [1.29, 1.82) is 5.26 Å². The highest BCUT2D eigenvalue weighted by Crippen LogP contribution is 2.16. The van der Waals surface area contributed by atoms with Crippen molar-refractivity contribution in [2.24, 2.45) is 0 Å². The van der Waals surface area contributed by atoms with Crippen LogP contribution in [0.5, 0.6) is 0 Å². The molecule has 1 aromatic rings. The predicted octanol–water partition coefficient (Wildman–Crippen LogP) is 3.12. The summed E-state index contributed by atoms with van der Waals surface area (Å²) in [6.07, 6.45) is 1.22. The Morgan fingerprint density at radius 2 is 1.72 bits per heavy atom. The lowest BCUT2D eigenvalue weighted by molar-refractivity contribution is 0.0915. The fourth-order valence-electron chi connectivity index (χ4n) is 2.01. The van der Waals surface area contributed by atoms with Crippen molar-refractivity contribution in [3.05, 3.63) is 34.9 Å². The van der Waals surface area contributed by atoms with E-state index in [4.69, 9.17) is 0 Å².